The smallest absolute Gasteiger partial charge is 0.257 e. The van der Waals surface area contributed by atoms with Crippen LogP contribution in [0.1, 0.15) is 0 Å². The van der Waals surface area contributed by atoms with Crippen molar-refractivity contribution in [2.75, 3.05) is 7.05 Å². The Morgan fingerprint density at radius 2 is 2.17 bits per heavy atom. The van der Waals surface area contributed by atoms with Crippen LogP contribution in [0.15, 0.2) is 25.2 Å². The normalized spacial score (nSPS) is 13.6. The van der Waals surface area contributed by atoms with Crippen molar-refractivity contribution in [3.05, 3.63) is 25.2 Å². The highest BCUT2D eigenvalue weighted by atomic mass is 35.7. The first kappa shape index (κ1) is 11.4. The van der Waals surface area contributed by atoms with Gasteiger partial charge in [-0.15, -0.1) is 0 Å². The molecule has 0 amide bonds. The van der Waals surface area contributed by atoms with Crippen LogP contribution in [0, 0.1) is 0 Å². The molecule has 0 aromatic carbocycles. The number of rotatable bonds is 4. The lowest BCUT2D eigenvalue weighted by Crippen LogP contribution is -2.32. The molecule has 0 saturated heterocycles. The highest BCUT2D eigenvalue weighted by Gasteiger charge is 2.25. The molecule has 0 fully saturated rings. The Bertz CT molecular complexity index is 288. The summed E-state index contributed by atoms with van der Waals surface area (Å²) in [5.74, 6) is -0.885. The second-order valence-electron chi connectivity index (χ2n) is 2.09. The third kappa shape index (κ3) is 2.83. The van der Waals surface area contributed by atoms with Gasteiger partial charge in [-0.25, -0.2) is 8.42 Å². The van der Waals surface area contributed by atoms with Crippen molar-refractivity contribution in [1.29, 1.82) is 0 Å². The number of likely N-dealkylation sites (N-methyl/N-ethyl adjacent to an activating group) is 1. The standard InChI is InChI=1S/C6H9ClFNO2S/c1-4-6(12(7,10)11)9(3)5(2)8/h4,6H,1-2H2,3H3. The maximum absolute atomic E-state index is 12.4. The van der Waals surface area contributed by atoms with Gasteiger partial charge in [0.15, 0.2) is 11.3 Å². The summed E-state index contributed by atoms with van der Waals surface area (Å²) in [5, 5.41) is -1.28. The van der Waals surface area contributed by atoms with Gasteiger partial charge in [-0.3, -0.25) is 0 Å². The molecule has 3 nitrogen and oxygen atoms in total. The molecule has 70 valence electrons. The zero-order valence-corrected chi connectivity index (χ0v) is 8.07. The lowest BCUT2D eigenvalue weighted by Gasteiger charge is -2.21. The van der Waals surface area contributed by atoms with E-state index in [9.17, 15) is 12.8 Å². The van der Waals surface area contributed by atoms with Crippen molar-refractivity contribution < 1.29 is 12.8 Å². The molecule has 1 unspecified atom stereocenters. The second-order valence-corrected chi connectivity index (χ2v) is 4.81. The van der Waals surface area contributed by atoms with E-state index in [0.717, 1.165) is 11.0 Å². The van der Waals surface area contributed by atoms with Gasteiger partial charge in [-0.1, -0.05) is 12.7 Å². The Hall–Kier alpha value is -0.550. The second kappa shape index (κ2) is 3.91. The highest BCUT2D eigenvalue weighted by Crippen LogP contribution is 2.16. The van der Waals surface area contributed by atoms with Gasteiger partial charge >= 0.3 is 0 Å². The molecular weight excluding hydrogens is 205 g/mol. The van der Waals surface area contributed by atoms with E-state index in [4.69, 9.17) is 10.7 Å². The van der Waals surface area contributed by atoms with Crippen LogP contribution in [0.2, 0.25) is 0 Å². The fraction of sp³-hybridized carbons (Fsp3) is 0.333. The number of halogens is 2. The van der Waals surface area contributed by atoms with E-state index < -0.39 is 20.4 Å². The van der Waals surface area contributed by atoms with Gasteiger partial charge in [0, 0.05) is 17.7 Å². The van der Waals surface area contributed by atoms with Gasteiger partial charge in [0.2, 0.25) is 0 Å². The molecule has 6 heteroatoms. The van der Waals surface area contributed by atoms with E-state index in [0.29, 0.717) is 0 Å². The number of hydrogen-bond acceptors (Lipinski definition) is 3. The Labute approximate surface area is 75.5 Å². The summed E-state index contributed by atoms with van der Waals surface area (Å²) < 4.78 is 33.9. The SMILES string of the molecule is C=CC(N(C)C(=C)F)S(=O)(=O)Cl. The number of nitrogens with zero attached hydrogens (tertiary/aromatic N) is 1. The van der Waals surface area contributed by atoms with Gasteiger partial charge in [-0.05, 0) is 6.58 Å². The summed E-state index contributed by atoms with van der Waals surface area (Å²) in [5.41, 5.74) is 0. The van der Waals surface area contributed by atoms with Crippen molar-refractivity contribution in [3.63, 3.8) is 0 Å². The summed E-state index contributed by atoms with van der Waals surface area (Å²) in [6.07, 6.45) is 1.02. The fourth-order valence-corrected chi connectivity index (χ4v) is 1.90. The maximum atomic E-state index is 12.4. The van der Waals surface area contributed by atoms with E-state index in [1.807, 2.05) is 0 Å². The van der Waals surface area contributed by atoms with E-state index in [-0.39, 0.29) is 0 Å². The third-order valence-electron chi connectivity index (χ3n) is 1.25. The van der Waals surface area contributed by atoms with Crippen LogP contribution >= 0.6 is 10.7 Å². The average molecular weight is 214 g/mol. The zero-order chi connectivity index (χ0) is 9.94. The Morgan fingerprint density at radius 3 is 2.25 bits per heavy atom. The molecule has 0 aliphatic carbocycles. The number of hydrogen-bond donors (Lipinski definition) is 0. The highest BCUT2D eigenvalue weighted by molar-refractivity contribution is 8.14. The molecule has 1 atom stereocenters. The van der Waals surface area contributed by atoms with E-state index in [1.54, 1.807) is 0 Å². The molecule has 0 saturated carbocycles. The van der Waals surface area contributed by atoms with Crippen LogP contribution < -0.4 is 0 Å². The minimum atomic E-state index is -3.88. The predicted octanol–water partition coefficient (Wildman–Crippen LogP) is 1.44. The first-order chi connectivity index (χ1) is 5.30. The van der Waals surface area contributed by atoms with E-state index >= 15 is 0 Å². The Kier molecular flexibility index (Phi) is 3.73. The summed E-state index contributed by atoms with van der Waals surface area (Å²) in [6, 6.07) is 0. The monoisotopic (exact) mass is 213 g/mol. The van der Waals surface area contributed by atoms with Crippen LogP contribution in [0.4, 0.5) is 4.39 Å². The molecular formula is C6H9ClFNO2S. The average Bonchev–Trinajstić information content (AvgIpc) is 1.85. The molecule has 0 aliphatic rings. The molecule has 12 heavy (non-hydrogen) atoms. The quantitative estimate of drug-likeness (QED) is 0.403. The van der Waals surface area contributed by atoms with E-state index in [1.165, 1.54) is 7.05 Å². The molecule has 0 aliphatic heterocycles. The lowest BCUT2D eigenvalue weighted by molar-refractivity contribution is 0.324. The van der Waals surface area contributed by atoms with Gasteiger partial charge in [-0.2, -0.15) is 4.39 Å². The minimum absolute atomic E-state index is 0.773. The summed E-state index contributed by atoms with van der Waals surface area (Å²) in [6.45, 7) is 6.14. The molecule has 0 aromatic rings. The molecule has 0 rings (SSSR count). The minimum Gasteiger partial charge on any atom is -0.331 e. The molecule has 0 N–H and O–H groups in total. The van der Waals surface area contributed by atoms with Gasteiger partial charge in [0.1, 0.15) is 0 Å². The third-order valence-corrected chi connectivity index (χ3v) is 2.89. The Morgan fingerprint density at radius 1 is 1.75 bits per heavy atom. The van der Waals surface area contributed by atoms with Gasteiger partial charge in [0.25, 0.3) is 9.05 Å². The van der Waals surface area contributed by atoms with Crippen LogP contribution in [0.5, 0.6) is 0 Å². The largest absolute Gasteiger partial charge is 0.331 e. The molecule has 0 spiro atoms. The summed E-state index contributed by atoms with van der Waals surface area (Å²) >= 11 is 0. The van der Waals surface area contributed by atoms with Crippen LogP contribution in [-0.2, 0) is 9.05 Å². The molecule has 0 bridgehead atoms. The molecule has 0 radical (unpaired) electrons. The maximum Gasteiger partial charge on any atom is 0.257 e. The van der Waals surface area contributed by atoms with E-state index in [2.05, 4.69) is 13.2 Å². The lowest BCUT2D eigenvalue weighted by atomic mass is 10.5. The molecule has 0 heterocycles. The van der Waals surface area contributed by atoms with Crippen LogP contribution in [0.3, 0.4) is 0 Å². The van der Waals surface area contributed by atoms with Crippen LogP contribution in [-0.4, -0.2) is 25.7 Å². The topological polar surface area (TPSA) is 37.4 Å². The van der Waals surface area contributed by atoms with Crippen molar-refractivity contribution in [2.24, 2.45) is 0 Å². The fourth-order valence-electron chi connectivity index (χ4n) is 0.600. The van der Waals surface area contributed by atoms with Crippen LogP contribution in [0.25, 0.3) is 0 Å². The molecule has 0 aromatic heterocycles. The van der Waals surface area contributed by atoms with Crippen molar-refractivity contribution in [3.8, 4) is 0 Å². The van der Waals surface area contributed by atoms with Crippen molar-refractivity contribution in [1.82, 2.24) is 4.90 Å². The first-order valence-corrected chi connectivity index (χ1v) is 5.31. The summed E-state index contributed by atoms with van der Waals surface area (Å²) in [4.78, 5) is 0.773. The summed E-state index contributed by atoms with van der Waals surface area (Å²) in [7, 11) is 2.33. The Balaban J connectivity index is 4.82. The predicted molar refractivity (Wildman–Crippen MR) is 46.8 cm³/mol. The van der Waals surface area contributed by atoms with Crippen molar-refractivity contribution in [2.45, 2.75) is 5.37 Å². The van der Waals surface area contributed by atoms with Gasteiger partial charge < -0.3 is 4.90 Å². The first-order valence-electron chi connectivity index (χ1n) is 2.94. The van der Waals surface area contributed by atoms with Crippen molar-refractivity contribution >= 4 is 19.7 Å². The van der Waals surface area contributed by atoms with Gasteiger partial charge in [0.05, 0.1) is 0 Å². The zero-order valence-electron chi connectivity index (χ0n) is 6.50.